The summed E-state index contributed by atoms with van der Waals surface area (Å²) in [5.74, 6) is 1.66. The minimum atomic E-state index is -0.120. The highest BCUT2D eigenvalue weighted by Crippen LogP contribution is 2.29. The number of anilines is 1. The van der Waals surface area contributed by atoms with Crippen LogP contribution in [0.3, 0.4) is 0 Å². The first-order chi connectivity index (χ1) is 11.2. The molecule has 0 bridgehead atoms. The number of nitrogens with one attached hydrogen (secondary N) is 1. The molecule has 0 aliphatic carbocycles. The van der Waals surface area contributed by atoms with Gasteiger partial charge in [-0.05, 0) is 31.5 Å². The molecule has 1 aliphatic heterocycles. The van der Waals surface area contributed by atoms with Crippen LogP contribution in [0, 0.1) is 0 Å². The van der Waals surface area contributed by atoms with Gasteiger partial charge in [0.25, 0.3) is 0 Å². The van der Waals surface area contributed by atoms with Gasteiger partial charge < -0.3 is 9.84 Å². The predicted molar refractivity (Wildman–Crippen MR) is 85.1 cm³/mol. The van der Waals surface area contributed by atoms with Gasteiger partial charge >= 0.3 is 0 Å². The fraction of sp³-hybridized carbons (Fsp3) is 0.467. The number of nitrogens with zero attached hydrogens (tertiary/aromatic N) is 4. The van der Waals surface area contributed by atoms with Crippen molar-refractivity contribution in [3.63, 3.8) is 0 Å². The second-order valence-corrected chi connectivity index (χ2v) is 5.87. The summed E-state index contributed by atoms with van der Waals surface area (Å²) >= 11 is 5.78. The van der Waals surface area contributed by atoms with E-state index in [1.54, 1.807) is 12.1 Å². The van der Waals surface area contributed by atoms with Crippen molar-refractivity contribution in [2.24, 2.45) is 0 Å². The van der Waals surface area contributed by atoms with Crippen molar-refractivity contribution in [1.29, 1.82) is 0 Å². The first-order valence-electron chi connectivity index (χ1n) is 7.63. The highest BCUT2D eigenvalue weighted by molar-refractivity contribution is 6.30. The normalized spacial score (nSPS) is 18.3. The van der Waals surface area contributed by atoms with E-state index in [2.05, 4.69) is 25.3 Å². The maximum atomic E-state index is 12.2. The number of amides is 1. The molecule has 1 amide bonds. The van der Waals surface area contributed by atoms with Crippen LogP contribution in [0.25, 0.3) is 0 Å². The van der Waals surface area contributed by atoms with Gasteiger partial charge in [-0.15, -0.1) is 0 Å². The molecule has 2 aromatic heterocycles. The third-order valence-corrected chi connectivity index (χ3v) is 4.01. The van der Waals surface area contributed by atoms with E-state index in [4.69, 9.17) is 16.1 Å². The van der Waals surface area contributed by atoms with E-state index < -0.39 is 0 Å². The summed E-state index contributed by atoms with van der Waals surface area (Å²) in [4.78, 5) is 22.7. The molecular weight excluding hydrogens is 318 g/mol. The van der Waals surface area contributed by atoms with Crippen LogP contribution in [0.4, 0.5) is 5.82 Å². The van der Waals surface area contributed by atoms with E-state index in [0.717, 1.165) is 19.4 Å². The lowest BCUT2D eigenvalue weighted by molar-refractivity contribution is -0.117. The van der Waals surface area contributed by atoms with Crippen LogP contribution in [0.1, 0.15) is 37.5 Å². The summed E-state index contributed by atoms with van der Waals surface area (Å²) in [6, 6.07) is 3.39. The molecule has 1 saturated heterocycles. The molecule has 1 atom stereocenters. The van der Waals surface area contributed by atoms with Gasteiger partial charge in [0.1, 0.15) is 5.82 Å². The Hall–Kier alpha value is -1.99. The van der Waals surface area contributed by atoms with Crippen molar-refractivity contribution >= 4 is 23.3 Å². The van der Waals surface area contributed by atoms with Crippen molar-refractivity contribution in [2.75, 3.05) is 18.4 Å². The predicted octanol–water partition coefficient (Wildman–Crippen LogP) is 2.46. The molecular formula is C15H18ClN5O2. The van der Waals surface area contributed by atoms with Crippen LogP contribution in [0.2, 0.25) is 5.02 Å². The average Bonchev–Trinajstić information content (AvgIpc) is 3.18. The fourth-order valence-corrected chi connectivity index (χ4v) is 2.78. The number of rotatable bonds is 5. The maximum Gasteiger partial charge on any atom is 0.239 e. The fourth-order valence-electron chi connectivity index (χ4n) is 2.67. The van der Waals surface area contributed by atoms with E-state index in [0.29, 0.717) is 29.0 Å². The Labute approximate surface area is 139 Å². The monoisotopic (exact) mass is 335 g/mol. The maximum absolute atomic E-state index is 12.2. The Morgan fingerprint density at radius 3 is 3.09 bits per heavy atom. The van der Waals surface area contributed by atoms with Crippen molar-refractivity contribution in [1.82, 2.24) is 20.0 Å². The van der Waals surface area contributed by atoms with E-state index in [9.17, 15) is 4.79 Å². The average molecular weight is 336 g/mol. The smallest absolute Gasteiger partial charge is 0.239 e. The number of pyridine rings is 1. The Balaban J connectivity index is 1.61. The largest absolute Gasteiger partial charge is 0.339 e. The second-order valence-electron chi connectivity index (χ2n) is 5.44. The Morgan fingerprint density at radius 1 is 1.52 bits per heavy atom. The van der Waals surface area contributed by atoms with Gasteiger partial charge in [0.2, 0.25) is 11.8 Å². The van der Waals surface area contributed by atoms with Gasteiger partial charge in [0.15, 0.2) is 5.82 Å². The molecule has 23 heavy (non-hydrogen) atoms. The summed E-state index contributed by atoms with van der Waals surface area (Å²) < 4.78 is 5.18. The van der Waals surface area contributed by atoms with Crippen molar-refractivity contribution in [2.45, 2.75) is 32.2 Å². The number of carbonyl (C=O) groups is 1. The van der Waals surface area contributed by atoms with Gasteiger partial charge in [-0.2, -0.15) is 4.98 Å². The summed E-state index contributed by atoms with van der Waals surface area (Å²) in [7, 11) is 0. The van der Waals surface area contributed by atoms with Crippen LogP contribution in [0.15, 0.2) is 22.9 Å². The molecule has 1 fully saturated rings. The second kappa shape index (κ2) is 7.06. The van der Waals surface area contributed by atoms with Gasteiger partial charge in [0, 0.05) is 12.6 Å². The zero-order valence-corrected chi connectivity index (χ0v) is 13.6. The highest BCUT2D eigenvalue weighted by atomic mass is 35.5. The van der Waals surface area contributed by atoms with Gasteiger partial charge in [-0.1, -0.05) is 23.7 Å². The van der Waals surface area contributed by atoms with E-state index in [1.807, 2.05) is 6.92 Å². The molecule has 1 aliphatic rings. The first-order valence-corrected chi connectivity index (χ1v) is 8.01. The number of hydrogen-bond donors (Lipinski definition) is 1. The number of aryl methyl sites for hydroxylation is 1. The molecule has 0 saturated carbocycles. The first kappa shape index (κ1) is 15.9. The molecule has 3 rings (SSSR count). The summed E-state index contributed by atoms with van der Waals surface area (Å²) in [5, 5.41) is 7.34. The van der Waals surface area contributed by atoms with Crippen LogP contribution in [-0.2, 0) is 11.2 Å². The highest BCUT2D eigenvalue weighted by Gasteiger charge is 2.31. The molecule has 0 aromatic carbocycles. The standard InChI is InChI=1S/C15H18ClN5O2/c1-2-14-19-15(20-23-14)11-4-3-7-21(11)9-13(22)18-12-6-5-10(16)8-17-12/h5-6,8,11H,2-4,7,9H2,1H3,(H,17,18,22). The lowest BCUT2D eigenvalue weighted by atomic mass is 10.2. The number of likely N-dealkylation sites (tertiary alicyclic amines) is 1. The third kappa shape index (κ3) is 3.86. The molecule has 122 valence electrons. The lowest BCUT2D eigenvalue weighted by Gasteiger charge is -2.20. The Morgan fingerprint density at radius 2 is 2.39 bits per heavy atom. The number of aromatic nitrogens is 3. The molecule has 1 unspecified atom stereocenters. The topological polar surface area (TPSA) is 84.2 Å². The molecule has 0 spiro atoms. The number of hydrogen-bond acceptors (Lipinski definition) is 6. The minimum Gasteiger partial charge on any atom is -0.339 e. The van der Waals surface area contributed by atoms with Crippen LogP contribution >= 0.6 is 11.6 Å². The summed E-state index contributed by atoms with van der Waals surface area (Å²) in [6.45, 7) is 3.07. The zero-order valence-electron chi connectivity index (χ0n) is 12.8. The summed E-state index contributed by atoms with van der Waals surface area (Å²) in [6.07, 6.45) is 4.15. The minimum absolute atomic E-state index is 0.0305. The molecule has 8 heteroatoms. The van der Waals surface area contributed by atoms with Crippen molar-refractivity contribution < 1.29 is 9.32 Å². The van der Waals surface area contributed by atoms with E-state index >= 15 is 0 Å². The molecule has 3 heterocycles. The van der Waals surface area contributed by atoms with Crippen LogP contribution in [0.5, 0.6) is 0 Å². The van der Waals surface area contributed by atoms with E-state index in [1.165, 1.54) is 6.20 Å². The molecule has 1 N–H and O–H groups in total. The van der Waals surface area contributed by atoms with Crippen molar-refractivity contribution in [3.05, 3.63) is 35.1 Å². The van der Waals surface area contributed by atoms with Crippen LogP contribution < -0.4 is 5.32 Å². The van der Waals surface area contributed by atoms with Crippen LogP contribution in [-0.4, -0.2) is 39.0 Å². The van der Waals surface area contributed by atoms with Gasteiger partial charge in [-0.25, -0.2) is 4.98 Å². The molecule has 7 nitrogen and oxygen atoms in total. The third-order valence-electron chi connectivity index (χ3n) is 3.79. The van der Waals surface area contributed by atoms with Crippen molar-refractivity contribution in [3.8, 4) is 0 Å². The quantitative estimate of drug-likeness (QED) is 0.903. The molecule has 0 radical (unpaired) electrons. The van der Waals surface area contributed by atoms with Gasteiger partial charge in [0.05, 0.1) is 17.6 Å². The SMILES string of the molecule is CCc1nc(C2CCCN2CC(=O)Nc2ccc(Cl)cn2)no1. The number of halogens is 1. The molecule has 2 aromatic rings. The number of carbonyl (C=O) groups excluding carboxylic acids is 1. The zero-order chi connectivity index (χ0) is 16.2. The Kier molecular flexibility index (Phi) is 4.88. The van der Waals surface area contributed by atoms with E-state index in [-0.39, 0.29) is 18.5 Å². The Bertz CT molecular complexity index is 673. The lowest BCUT2D eigenvalue weighted by Crippen LogP contribution is -2.33. The van der Waals surface area contributed by atoms with Gasteiger partial charge in [-0.3, -0.25) is 9.69 Å². The summed E-state index contributed by atoms with van der Waals surface area (Å²) in [5.41, 5.74) is 0.